The highest BCUT2D eigenvalue weighted by molar-refractivity contribution is 5.26. The summed E-state index contributed by atoms with van der Waals surface area (Å²) in [6, 6.07) is 8.31. The van der Waals surface area contributed by atoms with Gasteiger partial charge in [0.1, 0.15) is 11.6 Å². The lowest BCUT2D eigenvalue weighted by atomic mass is 10.1. The van der Waals surface area contributed by atoms with E-state index in [1.54, 1.807) is 0 Å². The van der Waals surface area contributed by atoms with Gasteiger partial charge in [-0.15, -0.1) is 0 Å². The highest BCUT2D eigenvalue weighted by Gasteiger charge is 2.04. The standard InChI is InChI=1S/C13H16N4/c1-3-11-15-12(17-13(14)16-11)8-10-6-4-5-9(2)7-10/h4-7H,3,8H2,1-2H3,(H2,14,15,16,17). The van der Waals surface area contributed by atoms with Gasteiger partial charge in [0, 0.05) is 12.8 Å². The van der Waals surface area contributed by atoms with E-state index in [-0.39, 0.29) is 0 Å². The summed E-state index contributed by atoms with van der Waals surface area (Å²) in [5, 5.41) is 0. The molecule has 0 saturated heterocycles. The molecule has 2 N–H and O–H groups in total. The van der Waals surface area contributed by atoms with Gasteiger partial charge in [-0.3, -0.25) is 0 Å². The second-order valence-corrected chi connectivity index (χ2v) is 4.05. The summed E-state index contributed by atoms with van der Waals surface area (Å²) in [6.45, 7) is 4.08. The largest absolute Gasteiger partial charge is 0.368 e. The normalized spacial score (nSPS) is 10.5. The van der Waals surface area contributed by atoms with Crippen molar-refractivity contribution in [2.75, 3.05) is 5.73 Å². The maximum Gasteiger partial charge on any atom is 0.223 e. The summed E-state index contributed by atoms with van der Waals surface area (Å²) < 4.78 is 0. The van der Waals surface area contributed by atoms with Gasteiger partial charge in [-0.05, 0) is 12.5 Å². The van der Waals surface area contributed by atoms with Crippen LogP contribution in [0.1, 0.15) is 29.7 Å². The van der Waals surface area contributed by atoms with Crippen molar-refractivity contribution < 1.29 is 0 Å². The summed E-state index contributed by atoms with van der Waals surface area (Å²) in [5.41, 5.74) is 8.08. The molecule has 0 unspecified atom stereocenters. The van der Waals surface area contributed by atoms with Gasteiger partial charge in [0.15, 0.2) is 0 Å². The van der Waals surface area contributed by atoms with Crippen molar-refractivity contribution >= 4 is 5.95 Å². The first-order valence-electron chi connectivity index (χ1n) is 5.72. The maximum absolute atomic E-state index is 5.66. The molecule has 0 aliphatic rings. The number of benzene rings is 1. The Bertz CT molecular complexity index is 523. The first kappa shape index (κ1) is 11.5. The molecule has 2 rings (SSSR count). The summed E-state index contributed by atoms with van der Waals surface area (Å²) in [7, 11) is 0. The highest BCUT2D eigenvalue weighted by Crippen LogP contribution is 2.09. The van der Waals surface area contributed by atoms with Crippen LogP contribution in [0.2, 0.25) is 0 Å². The fraction of sp³-hybridized carbons (Fsp3) is 0.308. The molecule has 0 aliphatic carbocycles. The third-order valence-electron chi connectivity index (χ3n) is 2.51. The number of nitrogen functional groups attached to an aromatic ring is 1. The molecule has 0 aliphatic heterocycles. The Balaban J connectivity index is 2.26. The lowest BCUT2D eigenvalue weighted by molar-refractivity contribution is 0.845. The van der Waals surface area contributed by atoms with Crippen LogP contribution < -0.4 is 5.73 Å². The van der Waals surface area contributed by atoms with Crippen molar-refractivity contribution in [1.29, 1.82) is 0 Å². The van der Waals surface area contributed by atoms with Crippen LogP contribution >= 0.6 is 0 Å². The zero-order valence-electron chi connectivity index (χ0n) is 10.1. The minimum atomic E-state index is 0.305. The molecule has 1 aromatic carbocycles. The molecule has 0 spiro atoms. The van der Waals surface area contributed by atoms with Crippen LogP contribution in [0.5, 0.6) is 0 Å². The van der Waals surface area contributed by atoms with Crippen molar-refractivity contribution in [3.63, 3.8) is 0 Å². The summed E-state index contributed by atoms with van der Waals surface area (Å²) in [4.78, 5) is 12.6. The molecule has 1 aromatic heterocycles. The highest BCUT2D eigenvalue weighted by atomic mass is 15.1. The topological polar surface area (TPSA) is 64.7 Å². The van der Waals surface area contributed by atoms with Gasteiger partial charge in [-0.2, -0.15) is 9.97 Å². The predicted molar refractivity (Wildman–Crippen MR) is 67.6 cm³/mol. The van der Waals surface area contributed by atoms with E-state index in [0.717, 1.165) is 18.1 Å². The number of rotatable bonds is 3. The molecule has 0 saturated carbocycles. The quantitative estimate of drug-likeness (QED) is 0.871. The molecule has 0 fully saturated rings. The molecule has 0 amide bonds. The van der Waals surface area contributed by atoms with E-state index in [0.29, 0.717) is 12.4 Å². The Morgan fingerprint density at radius 1 is 1.12 bits per heavy atom. The van der Waals surface area contributed by atoms with E-state index < -0.39 is 0 Å². The summed E-state index contributed by atoms with van der Waals surface area (Å²) in [5.74, 6) is 1.79. The smallest absolute Gasteiger partial charge is 0.223 e. The van der Waals surface area contributed by atoms with E-state index >= 15 is 0 Å². The Hall–Kier alpha value is -1.97. The number of hydrogen-bond donors (Lipinski definition) is 1. The van der Waals surface area contributed by atoms with Crippen molar-refractivity contribution in [2.45, 2.75) is 26.7 Å². The van der Waals surface area contributed by atoms with Crippen molar-refractivity contribution in [1.82, 2.24) is 15.0 Å². The van der Waals surface area contributed by atoms with Gasteiger partial charge >= 0.3 is 0 Å². The zero-order valence-corrected chi connectivity index (χ0v) is 10.1. The van der Waals surface area contributed by atoms with E-state index in [2.05, 4.69) is 40.1 Å². The van der Waals surface area contributed by atoms with Crippen LogP contribution in [0.4, 0.5) is 5.95 Å². The molecular weight excluding hydrogens is 212 g/mol. The van der Waals surface area contributed by atoms with Crippen LogP contribution in [0.3, 0.4) is 0 Å². The van der Waals surface area contributed by atoms with Crippen LogP contribution in [0.25, 0.3) is 0 Å². The minimum absolute atomic E-state index is 0.305. The second-order valence-electron chi connectivity index (χ2n) is 4.05. The molecule has 1 heterocycles. The van der Waals surface area contributed by atoms with E-state index in [1.807, 2.05) is 13.0 Å². The van der Waals surface area contributed by atoms with Crippen LogP contribution in [0, 0.1) is 6.92 Å². The van der Waals surface area contributed by atoms with Gasteiger partial charge in [-0.25, -0.2) is 4.98 Å². The summed E-state index contributed by atoms with van der Waals surface area (Å²) in [6.07, 6.45) is 1.47. The lowest BCUT2D eigenvalue weighted by Crippen LogP contribution is -2.07. The van der Waals surface area contributed by atoms with Crippen molar-refractivity contribution in [2.24, 2.45) is 0 Å². The Labute approximate surface area is 101 Å². The average Bonchev–Trinajstić information content (AvgIpc) is 2.28. The molecule has 0 radical (unpaired) electrons. The molecular formula is C13H16N4. The fourth-order valence-electron chi connectivity index (χ4n) is 1.73. The number of anilines is 1. The Morgan fingerprint density at radius 2 is 1.88 bits per heavy atom. The van der Waals surface area contributed by atoms with Gasteiger partial charge < -0.3 is 5.73 Å². The fourth-order valence-corrected chi connectivity index (χ4v) is 1.73. The lowest BCUT2D eigenvalue weighted by Gasteiger charge is -2.04. The van der Waals surface area contributed by atoms with Gasteiger partial charge in [-0.1, -0.05) is 36.8 Å². The average molecular weight is 228 g/mol. The van der Waals surface area contributed by atoms with Gasteiger partial charge in [0.2, 0.25) is 5.95 Å². The zero-order chi connectivity index (χ0) is 12.3. The Morgan fingerprint density at radius 3 is 2.59 bits per heavy atom. The minimum Gasteiger partial charge on any atom is -0.368 e. The molecule has 0 atom stereocenters. The number of aromatic nitrogens is 3. The number of aryl methyl sites for hydroxylation is 2. The van der Waals surface area contributed by atoms with E-state index in [4.69, 9.17) is 5.73 Å². The molecule has 88 valence electrons. The first-order chi connectivity index (χ1) is 8.17. The number of nitrogens with zero attached hydrogens (tertiary/aromatic N) is 3. The molecule has 17 heavy (non-hydrogen) atoms. The van der Waals surface area contributed by atoms with Crippen molar-refractivity contribution in [3.05, 3.63) is 47.0 Å². The Kier molecular flexibility index (Phi) is 3.32. The van der Waals surface area contributed by atoms with Crippen LogP contribution in [-0.4, -0.2) is 15.0 Å². The number of nitrogens with two attached hydrogens (primary N) is 1. The third-order valence-corrected chi connectivity index (χ3v) is 2.51. The SMILES string of the molecule is CCc1nc(N)nc(Cc2cccc(C)c2)n1. The van der Waals surface area contributed by atoms with Crippen molar-refractivity contribution in [3.8, 4) is 0 Å². The van der Waals surface area contributed by atoms with Gasteiger partial charge in [0.05, 0.1) is 0 Å². The maximum atomic E-state index is 5.66. The predicted octanol–water partition coefficient (Wildman–Crippen LogP) is 1.92. The van der Waals surface area contributed by atoms with Crippen LogP contribution in [-0.2, 0) is 12.8 Å². The number of hydrogen-bond acceptors (Lipinski definition) is 4. The molecule has 2 aromatic rings. The summed E-state index contributed by atoms with van der Waals surface area (Å²) >= 11 is 0. The first-order valence-corrected chi connectivity index (χ1v) is 5.72. The molecule has 4 nitrogen and oxygen atoms in total. The monoisotopic (exact) mass is 228 g/mol. The van der Waals surface area contributed by atoms with E-state index in [1.165, 1.54) is 11.1 Å². The van der Waals surface area contributed by atoms with Crippen LogP contribution in [0.15, 0.2) is 24.3 Å². The third kappa shape index (κ3) is 3.00. The molecule has 0 bridgehead atoms. The second kappa shape index (κ2) is 4.91. The molecule has 4 heteroatoms. The van der Waals surface area contributed by atoms with E-state index in [9.17, 15) is 0 Å². The van der Waals surface area contributed by atoms with Gasteiger partial charge in [0.25, 0.3) is 0 Å².